The maximum atomic E-state index is 12.0. The second-order valence-corrected chi connectivity index (χ2v) is 6.58. The molecule has 102 valence electrons. The van der Waals surface area contributed by atoms with E-state index in [0.717, 1.165) is 25.7 Å². The van der Waals surface area contributed by atoms with Gasteiger partial charge >= 0.3 is 0 Å². The fourth-order valence-corrected chi connectivity index (χ4v) is 3.34. The summed E-state index contributed by atoms with van der Waals surface area (Å²) in [5.41, 5.74) is 5.38. The van der Waals surface area contributed by atoms with Crippen LogP contribution in [0, 0.1) is 0 Å². The monoisotopic (exact) mass is 263 g/mol. The molecule has 1 aliphatic rings. The van der Waals surface area contributed by atoms with Gasteiger partial charge in [-0.15, -0.1) is 0 Å². The van der Waals surface area contributed by atoms with E-state index < -0.39 is 10.2 Å². The van der Waals surface area contributed by atoms with Crippen LogP contribution in [-0.2, 0) is 10.2 Å². The first-order valence-electron chi connectivity index (χ1n) is 6.50. The average molecular weight is 263 g/mol. The first kappa shape index (κ1) is 14.9. The summed E-state index contributed by atoms with van der Waals surface area (Å²) in [6.45, 7) is 1.00. The molecular formula is C11H25N3O2S. The normalized spacial score (nSPS) is 19.5. The highest BCUT2D eigenvalue weighted by Crippen LogP contribution is 2.18. The minimum atomic E-state index is -3.32. The number of hydrogen-bond acceptors (Lipinski definition) is 3. The molecule has 0 heterocycles. The molecule has 1 aliphatic carbocycles. The van der Waals surface area contributed by atoms with Crippen molar-refractivity contribution in [2.45, 2.75) is 51.0 Å². The van der Waals surface area contributed by atoms with E-state index in [9.17, 15) is 8.42 Å². The van der Waals surface area contributed by atoms with Crippen LogP contribution in [0.15, 0.2) is 0 Å². The highest BCUT2D eigenvalue weighted by molar-refractivity contribution is 7.87. The van der Waals surface area contributed by atoms with Gasteiger partial charge in [-0.1, -0.05) is 25.7 Å². The molecule has 0 saturated heterocycles. The maximum absolute atomic E-state index is 12.0. The molecule has 0 unspecified atom stereocenters. The van der Waals surface area contributed by atoms with Crippen LogP contribution in [-0.4, -0.2) is 38.9 Å². The summed E-state index contributed by atoms with van der Waals surface area (Å²) in [4.78, 5) is 0. The van der Waals surface area contributed by atoms with Crippen LogP contribution in [0.4, 0.5) is 0 Å². The van der Waals surface area contributed by atoms with Gasteiger partial charge in [-0.25, -0.2) is 0 Å². The first-order chi connectivity index (χ1) is 8.06. The molecule has 3 N–H and O–H groups in total. The highest BCUT2D eigenvalue weighted by atomic mass is 32.2. The number of nitrogens with one attached hydrogen (secondary N) is 1. The molecule has 6 heteroatoms. The molecule has 0 aromatic heterocycles. The van der Waals surface area contributed by atoms with E-state index in [1.165, 1.54) is 17.1 Å². The molecular weight excluding hydrogens is 238 g/mol. The largest absolute Gasteiger partial charge is 0.330 e. The zero-order chi connectivity index (χ0) is 12.7. The van der Waals surface area contributed by atoms with E-state index in [-0.39, 0.29) is 6.04 Å². The van der Waals surface area contributed by atoms with Crippen LogP contribution in [0.5, 0.6) is 0 Å². The third kappa shape index (κ3) is 5.33. The Morgan fingerprint density at radius 3 is 2.35 bits per heavy atom. The fourth-order valence-electron chi connectivity index (χ4n) is 2.13. The lowest BCUT2D eigenvalue weighted by Crippen LogP contribution is -2.44. The summed E-state index contributed by atoms with van der Waals surface area (Å²) < 4.78 is 28.1. The van der Waals surface area contributed by atoms with E-state index >= 15 is 0 Å². The van der Waals surface area contributed by atoms with Crippen molar-refractivity contribution in [2.24, 2.45) is 5.73 Å². The van der Waals surface area contributed by atoms with E-state index in [1.807, 2.05) is 0 Å². The predicted octanol–water partition coefficient (Wildman–Crippen LogP) is 0.824. The Balaban J connectivity index is 2.46. The van der Waals surface area contributed by atoms with Gasteiger partial charge in [-0.05, 0) is 25.8 Å². The van der Waals surface area contributed by atoms with Crippen molar-refractivity contribution < 1.29 is 8.42 Å². The smallest absolute Gasteiger partial charge is 0.279 e. The SMILES string of the molecule is CN(CCCN)S(=O)(=O)NC1CCCCCC1. The number of nitrogens with two attached hydrogens (primary N) is 1. The summed E-state index contributed by atoms with van der Waals surface area (Å²) in [5.74, 6) is 0. The molecule has 5 nitrogen and oxygen atoms in total. The summed E-state index contributed by atoms with van der Waals surface area (Å²) in [6, 6.07) is 0.114. The minimum Gasteiger partial charge on any atom is -0.330 e. The van der Waals surface area contributed by atoms with Gasteiger partial charge in [0.1, 0.15) is 0 Å². The van der Waals surface area contributed by atoms with Crippen LogP contribution in [0.2, 0.25) is 0 Å². The molecule has 0 spiro atoms. The minimum absolute atomic E-state index is 0.114. The Hall–Kier alpha value is -0.170. The summed E-state index contributed by atoms with van der Waals surface area (Å²) in [7, 11) is -1.71. The molecule has 0 atom stereocenters. The van der Waals surface area contributed by atoms with Crippen LogP contribution in [0.1, 0.15) is 44.9 Å². The average Bonchev–Trinajstić information content (AvgIpc) is 2.53. The highest BCUT2D eigenvalue weighted by Gasteiger charge is 2.22. The number of hydrogen-bond donors (Lipinski definition) is 2. The van der Waals surface area contributed by atoms with Crippen LogP contribution >= 0.6 is 0 Å². The fraction of sp³-hybridized carbons (Fsp3) is 1.00. The quantitative estimate of drug-likeness (QED) is 0.697. The zero-order valence-electron chi connectivity index (χ0n) is 10.7. The summed E-state index contributed by atoms with van der Waals surface area (Å²) in [5, 5.41) is 0. The van der Waals surface area contributed by atoms with Gasteiger partial charge in [0.15, 0.2) is 0 Å². The standard InChI is InChI=1S/C11H25N3O2S/c1-14(10-6-9-12)17(15,16)13-11-7-4-2-3-5-8-11/h11,13H,2-10,12H2,1H3. The van der Waals surface area contributed by atoms with Gasteiger partial charge in [0.05, 0.1) is 0 Å². The lowest BCUT2D eigenvalue weighted by molar-refractivity contribution is 0.431. The van der Waals surface area contributed by atoms with Crippen molar-refractivity contribution in [1.82, 2.24) is 9.03 Å². The Kier molecular flexibility index (Phi) is 6.40. The zero-order valence-corrected chi connectivity index (χ0v) is 11.5. The van der Waals surface area contributed by atoms with E-state index in [2.05, 4.69) is 4.72 Å². The van der Waals surface area contributed by atoms with Crippen molar-refractivity contribution in [3.8, 4) is 0 Å². The number of nitrogens with zero attached hydrogens (tertiary/aromatic N) is 1. The Morgan fingerprint density at radius 2 is 1.82 bits per heavy atom. The van der Waals surface area contributed by atoms with E-state index in [1.54, 1.807) is 7.05 Å². The summed E-state index contributed by atoms with van der Waals surface area (Å²) in [6.07, 6.45) is 7.32. The molecule has 17 heavy (non-hydrogen) atoms. The van der Waals surface area contributed by atoms with Crippen molar-refractivity contribution in [2.75, 3.05) is 20.1 Å². The Labute approximate surface area is 105 Å². The van der Waals surface area contributed by atoms with Crippen molar-refractivity contribution in [3.63, 3.8) is 0 Å². The second kappa shape index (κ2) is 7.31. The topological polar surface area (TPSA) is 75.4 Å². The van der Waals surface area contributed by atoms with Crippen molar-refractivity contribution in [3.05, 3.63) is 0 Å². The molecule has 0 aliphatic heterocycles. The van der Waals surface area contributed by atoms with Crippen molar-refractivity contribution in [1.29, 1.82) is 0 Å². The van der Waals surface area contributed by atoms with Crippen LogP contribution < -0.4 is 10.5 Å². The number of rotatable bonds is 6. The predicted molar refractivity (Wildman–Crippen MR) is 69.8 cm³/mol. The Bertz CT molecular complexity index is 298. The van der Waals surface area contributed by atoms with E-state index in [0.29, 0.717) is 19.5 Å². The van der Waals surface area contributed by atoms with E-state index in [4.69, 9.17) is 5.73 Å². The molecule has 1 rings (SSSR count). The van der Waals surface area contributed by atoms with Crippen molar-refractivity contribution >= 4 is 10.2 Å². The summed E-state index contributed by atoms with van der Waals surface area (Å²) >= 11 is 0. The molecule has 1 fully saturated rings. The second-order valence-electron chi connectivity index (χ2n) is 4.78. The molecule has 0 amide bonds. The maximum Gasteiger partial charge on any atom is 0.279 e. The van der Waals surface area contributed by atoms with Gasteiger partial charge in [-0.2, -0.15) is 17.4 Å². The lowest BCUT2D eigenvalue weighted by Gasteiger charge is -2.22. The molecule has 0 bridgehead atoms. The molecule has 1 saturated carbocycles. The molecule has 0 aromatic rings. The van der Waals surface area contributed by atoms with Gasteiger partial charge in [-0.3, -0.25) is 0 Å². The lowest BCUT2D eigenvalue weighted by atomic mass is 10.1. The third-order valence-corrected chi connectivity index (χ3v) is 4.89. The van der Waals surface area contributed by atoms with Gasteiger partial charge in [0.2, 0.25) is 0 Å². The third-order valence-electron chi connectivity index (χ3n) is 3.26. The first-order valence-corrected chi connectivity index (χ1v) is 7.94. The molecule has 0 radical (unpaired) electrons. The molecule has 0 aromatic carbocycles. The van der Waals surface area contributed by atoms with Crippen LogP contribution in [0.25, 0.3) is 0 Å². The Morgan fingerprint density at radius 1 is 1.24 bits per heavy atom. The van der Waals surface area contributed by atoms with Gasteiger partial charge in [0.25, 0.3) is 10.2 Å². The van der Waals surface area contributed by atoms with Gasteiger partial charge < -0.3 is 5.73 Å². The van der Waals surface area contributed by atoms with Crippen LogP contribution in [0.3, 0.4) is 0 Å². The van der Waals surface area contributed by atoms with Gasteiger partial charge in [0, 0.05) is 19.6 Å².